The monoisotopic (exact) mass is 341 g/mol. The molecule has 88 valence electrons. The van der Waals surface area contributed by atoms with Crippen molar-refractivity contribution in [2.45, 2.75) is 6.92 Å². The van der Waals surface area contributed by atoms with Crippen molar-refractivity contribution in [3.63, 3.8) is 0 Å². The van der Waals surface area contributed by atoms with Crippen molar-refractivity contribution >= 4 is 34.2 Å². The number of aromatic nitrogens is 2. The number of rotatable bonds is 3. The van der Waals surface area contributed by atoms with E-state index >= 15 is 0 Å². The quantitative estimate of drug-likeness (QED) is 0.872. The minimum atomic E-state index is 0.564. The third kappa shape index (κ3) is 3.06. The van der Waals surface area contributed by atoms with Crippen LogP contribution in [-0.2, 0) is 0 Å². The van der Waals surface area contributed by atoms with Crippen molar-refractivity contribution in [1.29, 1.82) is 0 Å². The first-order valence-electron chi connectivity index (χ1n) is 5.08. The molecule has 17 heavy (non-hydrogen) atoms. The fourth-order valence-electron chi connectivity index (χ4n) is 1.42. The molecule has 1 heterocycles. The van der Waals surface area contributed by atoms with Gasteiger partial charge in [-0.05, 0) is 47.2 Å². The average molecular weight is 341 g/mol. The molecule has 1 aromatic carbocycles. The highest BCUT2D eigenvalue weighted by Gasteiger charge is 2.04. The smallest absolute Gasteiger partial charge is 0.227 e. The highest BCUT2D eigenvalue weighted by Crippen LogP contribution is 2.27. The van der Waals surface area contributed by atoms with Crippen molar-refractivity contribution in [3.8, 4) is 5.75 Å². The second kappa shape index (κ2) is 5.31. The summed E-state index contributed by atoms with van der Waals surface area (Å²) in [6.07, 6.45) is 3.52. The Morgan fingerprint density at radius 1 is 1.24 bits per heavy atom. The van der Waals surface area contributed by atoms with Gasteiger partial charge in [-0.25, -0.2) is 9.97 Å². The Morgan fingerprint density at radius 3 is 2.59 bits per heavy atom. The fourth-order valence-corrected chi connectivity index (χ4v) is 1.70. The Balaban J connectivity index is 2.28. The van der Waals surface area contributed by atoms with Gasteiger partial charge in [-0.3, -0.25) is 0 Å². The summed E-state index contributed by atoms with van der Waals surface area (Å²) in [6, 6.07) is 5.92. The first-order valence-corrected chi connectivity index (χ1v) is 6.16. The molecule has 0 aliphatic rings. The van der Waals surface area contributed by atoms with E-state index in [9.17, 15) is 0 Å². The van der Waals surface area contributed by atoms with Crippen molar-refractivity contribution < 1.29 is 4.74 Å². The molecule has 0 aliphatic heterocycles. The maximum Gasteiger partial charge on any atom is 0.227 e. The molecule has 0 spiro atoms. The largest absolute Gasteiger partial charge is 0.495 e. The van der Waals surface area contributed by atoms with Gasteiger partial charge in [0.25, 0.3) is 0 Å². The molecule has 0 bridgehead atoms. The molecule has 1 N–H and O–H groups in total. The summed E-state index contributed by atoms with van der Waals surface area (Å²) >= 11 is 2.17. The van der Waals surface area contributed by atoms with E-state index in [4.69, 9.17) is 4.74 Å². The Kier molecular flexibility index (Phi) is 3.78. The number of aryl methyl sites for hydroxylation is 1. The summed E-state index contributed by atoms with van der Waals surface area (Å²) in [4.78, 5) is 8.39. The molecule has 0 fully saturated rings. The Hall–Kier alpha value is -1.37. The van der Waals surface area contributed by atoms with Crippen LogP contribution < -0.4 is 10.1 Å². The zero-order valence-corrected chi connectivity index (χ0v) is 11.7. The van der Waals surface area contributed by atoms with Crippen LogP contribution in [0.1, 0.15) is 5.56 Å². The van der Waals surface area contributed by atoms with E-state index in [0.717, 1.165) is 20.6 Å². The van der Waals surface area contributed by atoms with Crippen LogP contribution in [0.4, 0.5) is 11.6 Å². The third-order valence-electron chi connectivity index (χ3n) is 2.22. The van der Waals surface area contributed by atoms with Gasteiger partial charge in [0.2, 0.25) is 5.95 Å². The number of anilines is 2. The van der Waals surface area contributed by atoms with Gasteiger partial charge in [0.1, 0.15) is 5.75 Å². The lowest BCUT2D eigenvalue weighted by molar-refractivity contribution is 0.416. The Morgan fingerprint density at radius 2 is 1.94 bits per heavy atom. The van der Waals surface area contributed by atoms with Crippen LogP contribution in [0, 0.1) is 10.5 Å². The molecule has 0 unspecified atom stereocenters. The fraction of sp³-hybridized carbons (Fsp3) is 0.167. The maximum absolute atomic E-state index is 5.28. The van der Waals surface area contributed by atoms with Crippen molar-refractivity contribution in [2.24, 2.45) is 0 Å². The first-order chi connectivity index (χ1) is 8.19. The molecular formula is C12H12IN3O. The zero-order valence-electron chi connectivity index (χ0n) is 9.57. The standard InChI is InChI=1S/C12H12IN3O/c1-8-3-4-11(17-2)10(5-8)16-12-14-6-9(13)7-15-12/h3-7H,1-2H3,(H,14,15,16). The Bertz CT molecular complexity index is 514. The zero-order chi connectivity index (χ0) is 12.3. The molecule has 2 aromatic rings. The van der Waals surface area contributed by atoms with Crippen molar-refractivity contribution in [1.82, 2.24) is 9.97 Å². The van der Waals surface area contributed by atoms with E-state index in [1.807, 2.05) is 25.1 Å². The van der Waals surface area contributed by atoms with E-state index in [0.29, 0.717) is 5.95 Å². The lowest BCUT2D eigenvalue weighted by atomic mass is 10.2. The van der Waals surface area contributed by atoms with E-state index in [2.05, 4.69) is 37.9 Å². The normalized spacial score (nSPS) is 10.1. The second-order valence-electron chi connectivity index (χ2n) is 3.55. The Labute approximate surface area is 114 Å². The molecular weight excluding hydrogens is 329 g/mol. The first kappa shape index (κ1) is 12.1. The number of benzene rings is 1. The van der Waals surface area contributed by atoms with Gasteiger partial charge >= 0.3 is 0 Å². The predicted molar refractivity (Wildman–Crippen MR) is 75.8 cm³/mol. The average Bonchev–Trinajstić information content (AvgIpc) is 2.32. The number of hydrogen-bond donors (Lipinski definition) is 1. The number of methoxy groups -OCH3 is 1. The van der Waals surface area contributed by atoms with Gasteiger partial charge in [0, 0.05) is 16.0 Å². The van der Waals surface area contributed by atoms with Crippen LogP contribution >= 0.6 is 22.6 Å². The molecule has 5 heteroatoms. The topological polar surface area (TPSA) is 47.0 Å². The van der Waals surface area contributed by atoms with Gasteiger partial charge < -0.3 is 10.1 Å². The van der Waals surface area contributed by atoms with Gasteiger partial charge in [-0.2, -0.15) is 0 Å². The van der Waals surface area contributed by atoms with Gasteiger partial charge in [0.05, 0.1) is 12.8 Å². The van der Waals surface area contributed by atoms with Crippen LogP contribution in [0.15, 0.2) is 30.6 Å². The third-order valence-corrected chi connectivity index (χ3v) is 2.78. The van der Waals surface area contributed by atoms with Crippen LogP contribution in [0.5, 0.6) is 5.75 Å². The van der Waals surface area contributed by atoms with E-state index in [-0.39, 0.29) is 0 Å². The summed E-state index contributed by atoms with van der Waals surface area (Å²) in [7, 11) is 1.64. The highest BCUT2D eigenvalue weighted by molar-refractivity contribution is 14.1. The molecule has 0 saturated carbocycles. The SMILES string of the molecule is COc1ccc(C)cc1Nc1ncc(I)cn1. The summed E-state index contributed by atoms with van der Waals surface area (Å²) in [6.45, 7) is 2.03. The maximum atomic E-state index is 5.28. The second-order valence-corrected chi connectivity index (χ2v) is 4.80. The molecule has 0 radical (unpaired) electrons. The number of nitrogens with zero attached hydrogens (tertiary/aromatic N) is 2. The van der Waals surface area contributed by atoms with Gasteiger partial charge in [-0.1, -0.05) is 6.07 Å². The molecule has 0 aliphatic carbocycles. The van der Waals surface area contributed by atoms with Crippen LogP contribution in [0.2, 0.25) is 0 Å². The van der Waals surface area contributed by atoms with E-state index in [1.165, 1.54) is 0 Å². The highest BCUT2D eigenvalue weighted by atomic mass is 127. The molecule has 1 aromatic heterocycles. The number of nitrogens with one attached hydrogen (secondary N) is 1. The minimum Gasteiger partial charge on any atom is -0.495 e. The summed E-state index contributed by atoms with van der Waals surface area (Å²) in [5.41, 5.74) is 2.02. The van der Waals surface area contributed by atoms with Gasteiger partial charge in [-0.15, -0.1) is 0 Å². The molecule has 0 saturated heterocycles. The number of halogens is 1. The van der Waals surface area contributed by atoms with Crippen LogP contribution in [-0.4, -0.2) is 17.1 Å². The van der Waals surface area contributed by atoms with Crippen molar-refractivity contribution in [2.75, 3.05) is 12.4 Å². The number of hydrogen-bond acceptors (Lipinski definition) is 4. The summed E-state index contributed by atoms with van der Waals surface area (Å²) < 4.78 is 6.28. The van der Waals surface area contributed by atoms with Gasteiger partial charge in [0.15, 0.2) is 0 Å². The minimum absolute atomic E-state index is 0.564. The molecule has 4 nitrogen and oxygen atoms in total. The summed E-state index contributed by atoms with van der Waals surface area (Å²) in [5.74, 6) is 1.34. The predicted octanol–water partition coefficient (Wildman–Crippen LogP) is 3.14. The van der Waals surface area contributed by atoms with E-state index in [1.54, 1.807) is 19.5 Å². The van der Waals surface area contributed by atoms with E-state index < -0.39 is 0 Å². The number of ether oxygens (including phenoxy) is 1. The molecule has 0 atom stereocenters. The lowest BCUT2D eigenvalue weighted by Crippen LogP contribution is -1.99. The van der Waals surface area contributed by atoms with Crippen LogP contribution in [0.25, 0.3) is 0 Å². The summed E-state index contributed by atoms with van der Waals surface area (Å²) in [5, 5.41) is 3.14. The van der Waals surface area contributed by atoms with Crippen LogP contribution in [0.3, 0.4) is 0 Å². The molecule has 0 amide bonds. The lowest BCUT2D eigenvalue weighted by Gasteiger charge is -2.10. The molecule has 2 rings (SSSR count). The van der Waals surface area contributed by atoms with Crippen molar-refractivity contribution in [3.05, 3.63) is 39.7 Å².